The average Bonchev–Trinajstić information content (AvgIpc) is 2.41. The summed E-state index contributed by atoms with van der Waals surface area (Å²) >= 11 is 8.13. The van der Waals surface area contributed by atoms with Crippen LogP contribution >= 0.6 is 34.2 Å². The highest BCUT2D eigenvalue weighted by Gasteiger charge is 2.42. The minimum absolute atomic E-state index is 0.0159. The Morgan fingerprint density at radius 3 is 2.38 bits per heavy atom. The Kier molecular flexibility index (Phi) is 5.40. The summed E-state index contributed by atoms with van der Waals surface area (Å²) in [5, 5.41) is 3.14. The van der Waals surface area contributed by atoms with Crippen molar-refractivity contribution in [3.8, 4) is 0 Å². The quantitative estimate of drug-likeness (QED) is 0.637. The summed E-state index contributed by atoms with van der Waals surface area (Å²) in [4.78, 5) is 12.1. The third kappa shape index (κ3) is 4.48. The lowest BCUT2D eigenvalue weighted by Crippen LogP contribution is -2.32. The van der Waals surface area contributed by atoms with Gasteiger partial charge in [-0.3, -0.25) is 4.79 Å². The zero-order valence-corrected chi connectivity index (χ0v) is 13.9. The molecule has 1 aromatic carbocycles. The Hall–Kier alpha value is -0.500. The van der Waals surface area contributed by atoms with Crippen LogP contribution in [0.25, 0.3) is 0 Å². The zero-order chi connectivity index (χ0) is 15.6. The SMILES string of the molecule is O=C(Nc1ccc(I)cc1Cl)C1CCC(C(F)(F)F)CC1. The fourth-order valence-corrected chi connectivity index (χ4v) is 3.41. The second kappa shape index (κ2) is 6.73. The fraction of sp³-hybridized carbons (Fsp3) is 0.500. The van der Waals surface area contributed by atoms with Crippen molar-refractivity contribution >= 4 is 45.8 Å². The molecule has 0 aromatic heterocycles. The van der Waals surface area contributed by atoms with E-state index in [2.05, 4.69) is 27.9 Å². The van der Waals surface area contributed by atoms with Crippen LogP contribution in [0.4, 0.5) is 18.9 Å². The minimum Gasteiger partial charge on any atom is -0.325 e. The molecule has 2 nitrogen and oxygen atoms in total. The van der Waals surface area contributed by atoms with Crippen molar-refractivity contribution in [2.24, 2.45) is 11.8 Å². The highest BCUT2D eigenvalue weighted by molar-refractivity contribution is 14.1. The first-order valence-electron chi connectivity index (χ1n) is 6.60. The van der Waals surface area contributed by atoms with E-state index in [1.165, 1.54) is 0 Å². The molecular weight excluding hydrogens is 418 g/mol. The normalized spacial score (nSPS) is 22.9. The molecule has 1 fully saturated rings. The number of carbonyl (C=O) groups is 1. The molecule has 0 heterocycles. The summed E-state index contributed by atoms with van der Waals surface area (Å²) < 4.78 is 38.7. The molecule has 0 saturated heterocycles. The number of nitrogens with one attached hydrogen (secondary N) is 1. The molecule has 0 radical (unpaired) electrons. The lowest BCUT2D eigenvalue weighted by molar-refractivity contribution is -0.184. The first-order valence-corrected chi connectivity index (χ1v) is 8.05. The zero-order valence-electron chi connectivity index (χ0n) is 11.0. The number of hydrogen-bond acceptors (Lipinski definition) is 1. The van der Waals surface area contributed by atoms with E-state index >= 15 is 0 Å². The Morgan fingerprint density at radius 2 is 1.86 bits per heavy atom. The van der Waals surface area contributed by atoms with Gasteiger partial charge in [-0.1, -0.05) is 11.6 Å². The summed E-state index contributed by atoms with van der Waals surface area (Å²) in [5.74, 6) is -1.90. The number of rotatable bonds is 2. The molecule has 0 spiro atoms. The predicted molar refractivity (Wildman–Crippen MR) is 84.3 cm³/mol. The van der Waals surface area contributed by atoms with Gasteiger partial charge in [0.25, 0.3) is 0 Å². The number of carbonyl (C=O) groups excluding carboxylic acids is 1. The average molecular weight is 432 g/mol. The summed E-state index contributed by atoms with van der Waals surface area (Å²) in [6.07, 6.45) is -3.60. The maximum Gasteiger partial charge on any atom is 0.391 e. The lowest BCUT2D eigenvalue weighted by atomic mass is 9.81. The van der Waals surface area contributed by atoms with Crippen LogP contribution in [0.15, 0.2) is 18.2 Å². The van der Waals surface area contributed by atoms with E-state index in [0.717, 1.165) is 3.57 Å². The topological polar surface area (TPSA) is 29.1 Å². The number of amides is 1. The van der Waals surface area contributed by atoms with Crippen molar-refractivity contribution in [3.63, 3.8) is 0 Å². The molecular formula is C14H14ClF3INO. The van der Waals surface area contributed by atoms with Gasteiger partial charge in [0.1, 0.15) is 0 Å². The molecule has 0 unspecified atom stereocenters. The molecule has 1 saturated carbocycles. The number of halogens is 5. The van der Waals surface area contributed by atoms with Crippen LogP contribution in [0.5, 0.6) is 0 Å². The van der Waals surface area contributed by atoms with Gasteiger partial charge in [0.15, 0.2) is 0 Å². The van der Waals surface area contributed by atoms with Crippen LogP contribution in [0.1, 0.15) is 25.7 Å². The van der Waals surface area contributed by atoms with E-state index in [1.807, 2.05) is 6.07 Å². The summed E-state index contributed by atoms with van der Waals surface area (Å²) in [7, 11) is 0. The van der Waals surface area contributed by atoms with Crippen LogP contribution in [-0.4, -0.2) is 12.1 Å². The van der Waals surface area contributed by atoms with Crippen LogP contribution in [-0.2, 0) is 4.79 Å². The Balaban J connectivity index is 1.93. The van der Waals surface area contributed by atoms with Gasteiger partial charge in [-0.2, -0.15) is 13.2 Å². The van der Waals surface area contributed by atoms with E-state index in [-0.39, 0.29) is 37.5 Å². The van der Waals surface area contributed by atoms with E-state index < -0.39 is 12.1 Å². The molecule has 0 aliphatic heterocycles. The predicted octanol–water partition coefficient (Wildman–Crippen LogP) is 5.25. The minimum atomic E-state index is -4.15. The maximum absolute atomic E-state index is 12.6. The monoisotopic (exact) mass is 431 g/mol. The Bertz CT molecular complexity index is 527. The lowest BCUT2D eigenvalue weighted by Gasteiger charge is -2.29. The van der Waals surface area contributed by atoms with Crippen molar-refractivity contribution < 1.29 is 18.0 Å². The van der Waals surface area contributed by atoms with Gasteiger partial charge in [-0.05, 0) is 66.5 Å². The summed E-state index contributed by atoms with van der Waals surface area (Å²) in [5.41, 5.74) is 0.500. The van der Waals surface area contributed by atoms with Gasteiger partial charge in [0, 0.05) is 9.49 Å². The first-order chi connectivity index (χ1) is 9.77. The van der Waals surface area contributed by atoms with Gasteiger partial charge in [-0.25, -0.2) is 0 Å². The standard InChI is InChI=1S/C14H14ClF3INO/c15-11-7-10(19)5-6-12(11)20-13(21)8-1-3-9(4-2-8)14(16,17)18/h5-9H,1-4H2,(H,20,21). The molecule has 1 amide bonds. The van der Waals surface area contributed by atoms with E-state index in [1.54, 1.807) is 12.1 Å². The van der Waals surface area contributed by atoms with Gasteiger partial charge < -0.3 is 5.32 Å². The van der Waals surface area contributed by atoms with Gasteiger partial charge in [0.05, 0.1) is 16.6 Å². The van der Waals surface area contributed by atoms with E-state index in [0.29, 0.717) is 10.7 Å². The molecule has 1 N–H and O–H groups in total. The van der Waals surface area contributed by atoms with Crippen LogP contribution in [0, 0.1) is 15.4 Å². The van der Waals surface area contributed by atoms with Crippen molar-refractivity contribution in [1.82, 2.24) is 0 Å². The Labute approximate surface area is 139 Å². The van der Waals surface area contributed by atoms with E-state index in [9.17, 15) is 18.0 Å². The number of alkyl halides is 3. The molecule has 116 valence electrons. The molecule has 1 aliphatic carbocycles. The molecule has 0 bridgehead atoms. The number of hydrogen-bond donors (Lipinski definition) is 1. The number of anilines is 1. The second-order valence-corrected chi connectivity index (χ2v) is 6.86. The van der Waals surface area contributed by atoms with Crippen LogP contribution in [0.3, 0.4) is 0 Å². The molecule has 2 rings (SSSR count). The van der Waals surface area contributed by atoms with Gasteiger partial charge >= 0.3 is 6.18 Å². The highest BCUT2D eigenvalue weighted by atomic mass is 127. The summed E-state index contributed by atoms with van der Waals surface area (Å²) in [6.45, 7) is 0. The van der Waals surface area contributed by atoms with Gasteiger partial charge in [-0.15, -0.1) is 0 Å². The van der Waals surface area contributed by atoms with Crippen LogP contribution < -0.4 is 5.32 Å². The Morgan fingerprint density at radius 1 is 1.24 bits per heavy atom. The van der Waals surface area contributed by atoms with Crippen LogP contribution in [0.2, 0.25) is 5.02 Å². The second-order valence-electron chi connectivity index (χ2n) is 5.20. The third-order valence-corrected chi connectivity index (χ3v) is 4.73. The molecule has 7 heteroatoms. The van der Waals surface area contributed by atoms with Crippen molar-refractivity contribution in [1.29, 1.82) is 0 Å². The smallest absolute Gasteiger partial charge is 0.325 e. The van der Waals surface area contributed by atoms with Crippen molar-refractivity contribution in [2.75, 3.05) is 5.32 Å². The summed E-state index contributed by atoms with van der Waals surface area (Å²) in [6, 6.07) is 5.23. The maximum atomic E-state index is 12.6. The first kappa shape index (κ1) is 16.9. The number of benzene rings is 1. The molecule has 0 atom stereocenters. The fourth-order valence-electron chi connectivity index (χ4n) is 2.51. The highest BCUT2D eigenvalue weighted by Crippen LogP contribution is 2.40. The molecule has 1 aromatic rings. The molecule has 1 aliphatic rings. The largest absolute Gasteiger partial charge is 0.391 e. The van der Waals surface area contributed by atoms with Crippen molar-refractivity contribution in [3.05, 3.63) is 26.8 Å². The van der Waals surface area contributed by atoms with E-state index in [4.69, 9.17) is 11.6 Å². The molecule has 21 heavy (non-hydrogen) atoms. The van der Waals surface area contributed by atoms with Gasteiger partial charge in [0.2, 0.25) is 5.91 Å². The van der Waals surface area contributed by atoms with Crippen molar-refractivity contribution in [2.45, 2.75) is 31.9 Å². The third-order valence-electron chi connectivity index (χ3n) is 3.75.